The lowest BCUT2D eigenvalue weighted by Gasteiger charge is -2.53. The number of ether oxygens (including phenoxy) is 1. The number of allylic oxidation sites excluding steroid dienone is 1. The third-order valence-electron chi connectivity index (χ3n) is 7.84. The number of hydrogen-bond acceptors (Lipinski definition) is 6. The van der Waals surface area contributed by atoms with E-state index >= 15 is 0 Å². The number of aliphatic imine (C=N–C) groups is 1. The molecule has 1 amide bonds. The van der Waals surface area contributed by atoms with Crippen LogP contribution in [0.15, 0.2) is 71.9 Å². The van der Waals surface area contributed by atoms with Gasteiger partial charge in [-0.15, -0.1) is 5.73 Å². The van der Waals surface area contributed by atoms with Crippen molar-refractivity contribution < 1.29 is 18.3 Å². The highest BCUT2D eigenvalue weighted by Crippen LogP contribution is 2.37. The first kappa shape index (κ1) is 28.0. The lowest BCUT2D eigenvalue weighted by Crippen LogP contribution is -2.66. The van der Waals surface area contributed by atoms with Crippen LogP contribution in [-0.4, -0.2) is 63.7 Å². The Morgan fingerprint density at radius 2 is 2.02 bits per heavy atom. The summed E-state index contributed by atoms with van der Waals surface area (Å²) in [6, 6.07) is 5.69. The Morgan fingerprint density at radius 3 is 2.71 bits per heavy atom. The number of nitriles is 1. The predicted molar refractivity (Wildman–Crippen MR) is 149 cm³/mol. The largest absolute Gasteiger partial charge is 0.445 e. The standard InChI is InChI=1S/C30H31F2N7O2/c1-3-9-34-28-27(4-10-35-28)21(2)23-16-36-39(17-23)30(7-8-33)19-38(20-30)26-5-11-37(12-6-26)29(40)41-18-22-13-24(31)15-25(32)14-22/h4,9-10,13-17,26H,1,5-7,11-12,18-20H2,2H3,(H,34,35)/b27-21+. The monoisotopic (exact) mass is 559 g/mol. The summed E-state index contributed by atoms with van der Waals surface area (Å²) in [7, 11) is 0. The smallest absolute Gasteiger partial charge is 0.410 e. The molecule has 0 spiro atoms. The van der Waals surface area contributed by atoms with Gasteiger partial charge in [-0.25, -0.2) is 18.6 Å². The molecule has 1 aromatic heterocycles. The minimum Gasteiger partial charge on any atom is -0.445 e. The van der Waals surface area contributed by atoms with Crippen LogP contribution in [0, 0.1) is 23.0 Å². The first-order chi connectivity index (χ1) is 19.8. The topological polar surface area (TPSA) is 98.8 Å². The fourth-order valence-corrected chi connectivity index (χ4v) is 5.61. The molecular formula is C30H31F2N7O2. The van der Waals surface area contributed by atoms with Crippen molar-refractivity contribution in [2.24, 2.45) is 4.99 Å². The molecule has 212 valence electrons. The van der Waals surface area contributed by atoms with Gasteiger partial charge in [-0.2, -0.15) is 10.4 Å². The molecule has 0 unspecified atom stereocenters. The maximum Gasteiger partial charge on any atom is 0.410 e. The molecule has 2 aromatic rings. The summed E-state index contributed by atoms with van der Waals surface area (Å²) in [5, 5.41) is 17.4. The molecule has 0 saturated carbocycles. The highest BCUT2D eigenvalue weighted by Gasteiger charge is 2.48. The average molecular weight is 560 g/mol. The Bertz CT molecular complexity index is 1480. The number of likely N-dealkylation sites (tertiary alicyclic amines) is 2. The lowest BCUT2D eigenvalue weighted by molar-refractivity contribution is -0.0426. The van der Waals surface area contributed by atoms with Gasteiger partial charge < -0.3 is 15.0 Å². The fourth-order valence-electron chi connectivity index (χ4n) is 5.61. The Morgan fingerprint density at radius 1 is 1.29 bits per heavy atom. The number of carbonyl (C=O) groups excluding carboxylic acids is 1. The van der Waals surface area contributed by atoms with E-state index in [1.807, 2.05) is 36.3 Å². The number of nitrogens with one attached hydrogen (secondary N) is 1. The van der Waals surface area contributed by atoms with Crippen LogP contribution in [0.1, 0.15) is 37.3 Å². The van der Waals surface area contributed by atoms with Crippen LogP contribution >= 0.6 is 0 Å². The molecule has 1 aromatic carbocycles. The minimum absolute atomic E-state index is 0.189. The lowest BCUT2D eigenvalue weighted by atomic mass is 9.84. The van der Waals surface area contributed by atoms with Gasteiger partial charge in [-0.1, -0.05) is 6.58 Å². The summed E-state index contributed by atoms with van der Waals surface area (Å²) in [6.45, 7) is 7.80. The van der Waals surface area contributed by atoms with E-state index in [0.29, 0.717) is 38.4 Å². The van der Waals surface area contributed by atoms with Gasteiger partial charge in [-0.05, 0) is 49.1 Å². The zero-order valence-corrected chi connectivity index (χ0v) is 22.8. The van der Waals surface area contributed by atoms with Gasteiger partial charge in [0.15, 0.2) is 0 Å². The van der Waals surface area contributed by atoms with Gasteiger partial charge in [0.05, 0.1) is 24.9 Å². The number of carbonyl (C=O) groups is 1. The number of nitrogens with zero attached hydrogens (tertiary/aromatic N) is 6. The molecule has 0 radical (unpaired) electrons. The number of benzene rings is 1. The summed E-state index contributed by atoms with van der Waals surface area (Å²) in [5.41, 5.74) is 5.42. The quantitative estimate of drug-likeness (QED) is 0.503. The van der Waals surface area contributed by atoms with Crippen LogP contribution < -0.4 is 5.32 Å². The van der Waals surface area contributed by atoms with Crippen molar-refractivity contribution in [1.29, 1.82) is 5.26 Å². The number of hydrogen-bond donors (Lipinski definition) is 1. The molecule has 5 rings (SSSR count). The summed E-state index contributed by atoms with van der Waals surface area (Å²) in [5.74, 6) is -0.701. The predicted octanol–water partition coefficient (Wildman–Crippen LogP) is 4.47. The summed E-state index contributed by atoms with van der Waals surface area (Å²) < 4.78 is 34.0. The van der Waals surface area contributed by atoms with Crippen molar-refractivity contribution >= 4 is 17.5 Å². The Labute approximate surface area is 237 Å². The summed E-state index contributed by atoms with van der Waals surface area (Å²) in [6.07, 6.45) is 10.5. The van der Waals surface area contributed by atoms with Crippen molar-refractivity contribution in [3.63, 3.8) is 0 Å². The normalized spacial score (nSPS) is 20.6. The molecular weight excluding hydrogens is 528 g/mol. The average Bonchev–Trinajstić information content (AvgIpc) is 3.62. The molecule has 11 heteroatoms. The van der Waals surface area contributed by atoms with E-state index in [4.69, 9.17) is 4.74 Å². The maximum atomic E-state index is 13.4. The van der Waals surface area contributed by atoms with Gasteiger partial charge in [0.1, 0.15) is 29.6 Å². The van der Waals surface area contributed by atoms with Gasteiger partial charge in [0, 0.05) is 61.8 Å². The van der Waals surface area contributed by atoms with E-state index in [2.05, 4.69) is 38.7 Å². The van der Waals surface area contributed by atoms with Crippen molar-refractivity contribution in [3.05, 3.63) is 89.7 Å². The van der Waals surface area contributed by atoms with Crippen LogP contribution in [0.2, 0.25) is 0 Å². The number of piperidine rings is 1. The van der Waals surface area contributed by atoms with E-state index in [1.54, 1.807) is 4.90 Å². The number of aromatic nitrogens is 2. The third kappa shape index (κ3) is 5.99. The fraction of sp³-hybridized carbons (Fsp3) is 0.367. The van der Waals surface area contributed by atoms with Gasteiger partial charge in [0.2, 0.25) is 0 Å². The van der Waals surface area contributed by atoms with Crippen molar-refractivity contribution in [1.82, 2.24) is 24.9 Å². The van der Waals surface area contributed by atoms with E-state index < -0.39 is 23.3 Å². The first-order valence-electron chi connectivity index (χ1n) is 13.4. The Kier molecular flexibility index (Phi) is 8.15. The van der Waals surface area contributed by atoms with Crippen LogP contribution in [-0.2, 0) is 16.9 Å². The summed E-state index contributed by atoms with van der Waals surface area (Å²) in [4.78, 5) is 20.8. The summed E-state index contributed by atoms with van der Waals surface area (Å²) >= 11 is 0. The highest BCUT2D eigenvalue weighted by molar-refractivity contribution is 6.09. The molecule has 0 atom stereocenters. The molecule has 2 saturated heterocycles. The first-order valence-corrected chi connectivity index (χ1v) is 13.4. The van der Waals surface area contributed by atoms with E-state index in [1.165, 1.54) is 6.20 Å². The van der Waals surface area contributed by atoms with E-state index in [9.17, 15) is 18.8 Å². The van der Waals surface area contributed by atoms with Crippen LogP contribution in [0.25, 0.3) is 5.57 Å². The molecule has 3 aliphatic heterocycles. The van der Waals surface area contributed by atoms with Crippen LogP contribution in [0.3, 0.4) is 0 Å². The molecule has 1 N–H and O–H groups in total. The number of amides is 1. The zero-order valence-electron chi connectivity index (χ0n) is 22.8. The number of rotatable bonds is 7. The minimum atomic E-state index is -0.707. The zero-order chi connectivity index (χ0) is 29.0. The Balaban J connectivity index is 1.17. The SMILES string of the molecule is C=C=C/N=C1/NC=C/C1=C(/C)c1cnn(C2(CC#N)CN(C3CCN(C(=O)OCc4cc(F)cc(F)c4)CC3)C2)c1. The maximum absolute atomic E-state index is 13.4. The van der Waals surface area contributed by atoms with Gasteiger partial charge in [-0.3, -0.25) is 9.58 Å². The van der Waals surface area contributed by atoms with E-state index in [-0.39, 0.29) is 18.2 Å². The van der Waals surface area contributed by atoms with Gasteiger partial charge in [0.25, 0.3) is 0 Å². The number of amidine groups is 1. The molecule has 2 fully saturated rings. The van der Waals surface area contributed by atoms with Crippen LogP contribution in [0.4, 0.5) is 13.6 Å². The Hall–Kier alpha value is -4.52. The molecule has 0 bridgehead atoms. The molecule has 3 aliphatic rings. The highest BCUT2D eigenvalue weighted by atomic mass is 19.1. The van der Waals surface area contributed by atoms with Crippen LogP contribution in [0.5, 0.6) is 0 Å². The van der Waals surface area contributed by atoms with Crippen molar-refractivity contribution in [3.8, 4) is 6.07 Å². The molecule has 9 nitrogen and oxygen atoms in total. The van der Waals surface area contributed by atoms with E-state index in [0.717, 1.165) is 47.8 Å². The van der Waals surface area contributed by atoms with Crippen molar-refractivity contribution in [2.75, 3.05) is 26.2 Å². The second-order valence-electron chi connectivity index (χ2n) is 10.5. The second-order valence-corrected chi connectivity index (χ2v) is 10.5. The van der Waals surface area contributed by atoms with Gasteiger partial charge >= 0.3 is 6.09 Å². The third-order valence-corrected chi connectivity index (χ3v) is 7.84. The van der Waals surface area contributed by atoms with Crippen molar-refractivity contribution in [2.45, 2.75) is 44.4 Å². The molecule has 41 heavy (non-hydrogen) atoms. The molecule has 4 heterocycles. The molecule has 0 aliphatic carbocycles. The number of halogens is 2. The second kappa shape index (κ2) is 11.9.